The largest absolute Gasteiger partial charge is 0.438 e. The molecule has 0 fully saturated rings. The lowest BCUT2D eigenvalue weighted by Gasteiger charge is -2.20. The van der Waals surface area contributed by atoms with Gasteiger partial charge in [-0.15, -0.1) is 0 Å². The average Bonchev–Trinajstić information content (AvgIpc) is 2.69. The van der Waals surface area contributed by atoms with Crippen molar-refractivity contribution >= 4 is 6.29 Å². The van der Waals surface area contributed by atoms with E-state index in [1.807, 2.05) is 6.92 Å². The summed E-state index contributed by atoms with van der Waals surface area (Å²) in [7, 11) is 0. The maximum atomic E-state index is 11.1. The third kappa shape index (κ3) is 2.60. The molecule has 2 rings (SSSR count). The van der Waals surface area contributed by atoms with Gasteiger partial charge in [-0.3, -0.25) is 4.79 Å². The molecule has 2 aromatic rings. The Morgan fingerprint density at radius 3 is 2.47 bits per heavy atom. The Morgan fingerprint density at radius 1 is 1.21 bits per heavy atom. The number of carbonyl (C=O) groups is 1. The van der Waals surface area contributed by atoms with Crippen molar-refractivity contribution < 1.29 is 9.21 Å². The first-order valence-electron chi connectivity index (χ1n) is 6.37. The SMILES string of the molecule is Cc1nc(-c2cc(C(C)(C)C)ccc2C)c(C=O)o1. The second kappa shape index (κ2) is 4.65. The lowest BCUT2D eigenvalue weighted by Crippen LogP contribution is -2.11. The molecular weight excluding hydrogens is 238 g/mol. The van der Waals surface area contributed by atoms with Gasteiger partial charge in [0.25, 0.3) is 0 Å². The third-order valence-corrected chi connectivity index (χ3v) is 3.23. The fourth-order valence-corrected chi connectivity index (χ4v) is 2.06. The number of hydrogen-bond acceptors (Lipinski definition) is 3. The van der Waals surface area contributed by atoms with Crippen molar-refractivity contribution in [1.29, 1.82) is 0 Å². The number of aromatic nitrogens is 1. The molecule has 3 nitrogen and oxygen atoms in total. The first kappa shape index (κ1) is 13.5. The predicted octanol–water partition coefficient (Wildman–Crippen LogP) is 4.07. The van der Waals surface area contributed by atoms with Gasteiger partial charge in [0.05, 0.1) is 0 Å². The van der Waals surface area contributed by atoms with Crippen molar-refractivity contribution in [2.24, 2.45) is 0 Å². The minimum absolute atomic E-state index is 0.0581. The van der Waals surface area contributed by atoms with E-state index in [0.717, 1.165) is 17.4 Å². The highest BCUT2D eigenvalue weighted by Crippen LogP contribution is 2.31. The fraction of sp³-hybridized carbons (Fsp3) is 0.375. The van der Waals surface area contributed by atoms with Gasteiger partial charge in [0.1, 0.15) is 5.69 Å². The Kier molecular flexibility index (Phi) is 3.31. The molecule has 0 radical (unpaired) electrons. The second-order valence-corrected chi connectivity index (χ2v) is 5.84. The quantitative estimate of drug-likeness (QED) is 0.762. The highest BCUT2D eigenvalue weighted by atomic mass is 16.4. The smallest absolute Gasteiger partial charge is 0.195 e. The first-order chi connectivity index (χ1) is 8.82. The summed E-state index contributed by atoms with van der Waals surface area (Å²) in [5, 5.41) is 0. The number of carbonyl (C=O) groups excluding carboxylic acids is 1. The molecule has 0 unspecified atom stereocenters. The van der Waals surface area contributed by atoms with E-state index in [0.29, 0.717) is 17.3 Å². The van der Waals surface area contributed by atoms with Crippen molar-refractivity contribution in [3.63, 3.8) is 0 Å². The van der Waals surface area contributed by atoms with Crippen molar-refractivity contribution in [2.45, 2.75) is 40.0 Å². The Labute approximate surface area is 113 Å². The topological polar surface area (TPSA) is 43.1 Å². The van der Waals surface area contributed by atoms with Crippen LogP contribution in [0.2, 0.25) is 0 Å². The summed E-state index contributed by atoms with van der Waals surface area (Å²) >= 11 is 0. The van der Waals surface area contributed by atoms with Gasteiger partial charge < -0.3 is 4.42 Å². The van der Waals surface area contributed by atoms with Crippen molar-refractivity contribution in [3.05, 3.63) is 41.0 Å². The molecule has 19 heavy (non-hydrogen) atoms. The van der Waals surface area contributed by atoms with Crippen LogP contribution in [-0.4, -0.2) is 11.3 Å². The van der Waals surface area contributed by atoms with Crippen LogP contribution >= 0.6 is 0 Å². The van der Waals surface area contributed by atoms with Gasteiger partial charge in [0, 0.05) is 12.5 Å². The highest BCUT2D eigenvalue weighted by Gasteiger charge is 2.19. The van der Waals surface area contributed by atoms with E-state index in [4.69, 9.17) is 4.42 Å². The van der Waals surface area contributed by atoms with Crippen LogP contribution in [-0.2, 0) is 5.41 Å². The molecule has 1 aromatic heterocycles. The zero-order valence-corrected chi connectivity index (χ0v) is 12.1. The molecule has 3 heteroatoms. The summed E-state index contributed by atoms with van der Waals surface area (Å²) in [6.07, 6.45) is 0.721. The van der Waals surface area contributed by atoms with Gasteiger partial charge >= 0.3 is 0 Å². The molecule has 0 bridgehead atoms. The van der Waals surface area contributed by atoms with Crippen LogP contribution in [0.25, 0.3) is 11.3 Å². The van der Waals surface area contributed by atoms with Gasteiger partial charge in [-0.25, -0.2) is 4.98 Å². The van der Waals surface area contributed by atoms with E-state index in [2.05, 4.69) is 44.0 Å². The summed E-state index contributed by atoms with van der Waals surface area (Å²) in [5.41, 5.74) is 3.96. The Morgan fingerprint density at radius 2 is 1.89 bits per heavy atom. The van der Waals surface area contributed by atoms with Crippen LogP contribution in [0.5, 0.6) is 0 Å². The van der Waals surface area contributed by atoms with Crippen LogP contribution in [0.1, 0.15) is 48.3 Å². The molecule has 0 aliphatic carbocycles. The van der Waals surface area contributed by atoms with E-state index in [9.17, 15) is 4.79 Å². The zero-order valence-electron chi connectivity index (χ0n) is 12.1. The standard InChI is InChI=1S/C16H19NO2/c1-10-6-7-12(16(3,4)5)8-13(10)15-14(9-18)19-11(2)17-15/h6-9H,1-5H3. The molecule has 0 aliphatic rings. The van der Waals surface area contributed by atoms with Crippen LogP contribution in [0, 0.1) is 13.8 Å². The maximum absolute atomic E-state index is 11.1. The Bertz CT molecular complexity index is 618. The predicted molar refractivity (Wildman–Crippen MR) is 75.5 cm³/mol. The van der Waals surface area contributed by atoms with Gasteiger partial charge in [0.15, 0.2) is 17.9 Å². The molecule has 1 aromatic carbocycles. The minimum atomic E-state index is 0.0581. The van der Waals surface area contributed by atoms with E-state index >= 15 is 0 Å². The number of rotatable bonds is 2. The number of hydrogen-bond donors (Lipinski definition) is 0. The number of oxazole rings is 1. The molecule has 0 saturated heterocycles. The molecule has 0 saturated carbocycles. The molecule has 100 valence electrons. The molecule has 0 aliphatic heterocycles. The molecule has 0 spiro atoms. The average molecular weight is 257 g/mol. The summed E-state index contributed by atoms with van der Waals surface area (Å²) in [5.74, 6) is 0.810. The molecule has 1 heterocycles. The monoisotopic (exact) mass is 257 g/mol. The molecular formula is C16H19NO2. The highest BCUT2D eigenvalue weighted by molar-refractivity contribution is 5.83. The number of nitrogens with zero attached hydrogens (tertiary/aromatic N) is 1. The molecule has 0 amide bonds. The Balaban J connectivity index is 2.64. The Hall–Kier alpha value is -1.90. The lowest BCUT2D eigenvalue weighted by atomic mass is 9.85. The van der Waals surface area contributed by atoms with Crippen LogP contribution in [0.4, 0.5) is 0 Å². The minimum Gasteiger partial charge on any atom is -0.438 e. The van der Waals surface area contributed by atoms with Crippen molar-refractivity contribution in [3.8, 4) is 11.3 Å². The van der Waals surface area contributed by atoms with E-state index < -0.39 is 0 Å². The van der Waals surface area contributed by atoms with Crippen molar-refractivity contribution in [2.75, 3.05) is 0 Å². The third-order valence-electron chi connectivity index (χ3n) is 3.23. The van der Waals surface area contributed by atoms with Crippen LogP contribution in [0.15, 0.2) is 22.6 Å². The summed E-state index contributed by atoms with van der Waals surface area (Å²) < 4.78 is 5.32. The van der Waals surface area contributed by atoms with Gasteiger partial charge in [0.2, 0.25) is 0 Å². The summed E-state index contributed by atoms with van der Waals surface area (Å²) in [4.78, 5) is 15.4. The van der Waals surface area contributed by atoms with E-state index in [1.165, 1.54) is 5.56 Å². The van der Waals surface area contributed by atoms with Gasteiger partial charge in [-0.05, 0) is 29.5 Å². The van der Waals surface area contributed by atoms with Gasteiger partial charge in [-0.2, -0.15) is 0 Å². The maximum Gasteiger partial charge on any atom is 0.195 e. The first-order valence-corrected chi connectivity index (χ1v) is 6.37. The zero-order chi connectivity index (χ0) is 14.2. The normalized spacial score (nSPS) is 11.6. The molecule has 0 N–H and O–H groups in total. The van der Waals surface area contributed by atoms with Crippen LogP contribution < -0.4 is 0 Å². The molecule has 0 atom stereocenters. The fourth-order valence-electron chi connectivity index (χ4n) is 2.06. The lowest BCUT2D eigenvalue weighted by molar-refractivity contribution is 0.110. The van der Waals surface area contributed by atoms with E-state index in [1.54, 1.807) is 6.92 Å². The summed E-state index contributed by atoms with van der Waals surface area (Å²) in [6.45, 7) is 10.3. The van der Waals surface area contributed by atoms with Crippen molar-refractivity contribution in [1.82, 2.24) is 4.98 Å². The van der Waals surface area contributed by atoms with E-state index in [-0.39, 0.29) is 5.41 Å². The number of aryl methyl sites for hydroxylation is 2. The summed E-state index contributed by atoms with van der Waals surface area (Å²) in [6, 6.07) is 6.28. The van der Waals surface area contributed by atoms with Crippen LogP contribution in [0.3, 0.4) is 0 Å². The number of aldehydes is 1. The van der Waals surface area contributed by atoms with Gasteiger partial charge in [-0.1, -0.05) is 32.9 Å². The number of benzene rings is 1. The second-order valence-electron chi connectivity index (χ2n) is 5.84.